The Bertz CT molecular complexity index is 2780. The first-order valence-electron chi connectivity index (χ1n) is 14.3. The van der Waals surface area contributed by atoms with Gasteiger partial charge in [0.15, 0.2) is 25.4 Å². The van der Waals surface area contributed by atoms with E-state index in [-0.39, 0.29) is 32.9 Å². The van der Waals surface area contributed by atoms with E-state index in [4.69, 9.17) is 15.5 Å². The van der Waals surface area contributed by atoms with E-state index in [2.05, 4.69) is 34.0 Å². The molecule has 0 amide bonds. The highest BCUT2D eigenvalue weighted by atomic mass is 32.3. The largest absolute Gasteiger partial charge is 0.505 e. The molecule has 0 saturated heterocycles. The molecule has 0 saturated carbocycles. The van der Waals surface area contributed by atoms with Crippen LogP contribution < -0.4 is 5.73 Å². The zero-order valence-corrected chi connectivity index (χ0v) is 32.1. The Morgan fingerprint density at radius 3 is 1.89 bits per heavy atom. The van der Waals surface area contributed by atoms with E-state index >= 15 is 0 Å². The topological polar surface area (TPSA) is 375 Å². The Labute approximate surface area is 315 Å². The van der Waals surface area contributed by atoms with Gasteiger partial charge in [-0.2, -0.15) is 30.4 Å². The molecule has 4 aromatic rings. The number of phenolic OH excluding ortho intramolecular Hbond substituents is 1. The highest BCUT2D eigenvalue weighted by Crippen LogP contribution is 2.50. The minimum absolute atomic E-state index is 0.118. The van der Waals surface area contributed by atoms with Crippen LogP contribution in [-0.4, -0.2) is 84.2 Å². The Morgan fingerprint density at radius 1 is 0.727 bits per heavy atom. The quantitative estimate of drug-likeness (QED) is 0.0228. The van der Waals surface area contributed by atoms with Crippen LogP contribution >= 0.6 is 12.0 Å². The van der Waals surface area contributed by atoms with E-state index < -0.39 is 117 Å². The van der Waals surface area contributed by atoms with Gasteiger partial charge in [0.2, 0.25) is 0 Å². The lowest BCUT2D eigenvalue weighted by Crippen LogP contribution is -2.15. The van der Waals surface area contributed by atoms with Gasteiger partial charge in [0.05, 0.1) is 61.6 Å². The molecule has 0 heterocycles. The van der Waals surface area contributed by atoms with Crippen molar-refractivity contribution in [3.05, 3.63) is 54.6 Å². The zero-order valence-electron chi connectivity index (χ0n) is 27.2. The average molecular weight is 888 g/mol. The summed E-state index contributed by atoms with van der Waals surface area (Å²) >= 11 is 0.153. The van der Waals surface area contributed by atoms with Gasteiger partial charge >= 0.3 is 10.4 Å². The number of nitrogen functional groups attached to an aromatic ring is 1. The van der Waals surface area contributed by atoms with Crippen LogP contribution in [0.25, 0.3) is 10.8 Å². The number of anilines is 1. The molecular weight excluding hydrogens is 863 g/mol. The number of nitrogens with zero attached hydrogens (tertiary/aromatic N) is 4. The maximum atomic E-state index is 12.5. The van der Waals surface area contributed by atoms with Crippen LogP contribution in [0.1, 0.15) is 6.92 Å². The van der Waals surface area contributed by atoms with E-state index in [1.54, 1.807) is 0 Å². The fourth-order valence-corrected chi connectivity index (χ4v) is 8.75. The van der Waals surface area contributed by atoms with Crippen LogP contribution in [-0.2, 0) is 63.9 Å². The summed E-state index contributed by atoms with van der Waals surface area (Å²) in [6.45, 7) is 0.393. The molecule has 29 heteroatoms. The number of rotatable bonds is 16. The van der Waals surface area contributed by atoms with Crippen molar-refractivity contribution in [2.75, 3.05) is 23.8 Å². The van der Waals surface area contributed by atoms with Crippen molar-refractivity contribution >= 4 is 102 Å². The summed E-state index contributed by atoms with van der Waals surface area (Å²) in [4.78, 5) is -3.09. The summed E-state index contributed by atoms with van der Waals surface area (Å²) in [6, 6.07) is 8.55. The molecule has 0 spiro atoms. The second-order valence-corrected chi connectivity index (χ2v) is 19.5. The molecule has 7 N–H and O–H groups in total. The molecule has 0 aromatic heterocycles. The van der Waals surface area contributed by atoms with Crippen LogP contribution in [0.5, 0.6) is 5.75 Å². The fourth-order valence-electron chi connectivity index (χ4n) is 4.47. The predicted octanol–water partition coefficient (Wildman–Crippen LogP) is 4.27. The van der Waals surface area contributed by atoms with E-state index in [0.29, 0.717) is 6.07 Å². The van der Waals surface area contributed by atoms with Gasteiger partial charge in [-0.15, -0.1) is 19.7 Å². The first-order chi connectivity index (χ1) is 25.4. The van der Waals surface area contributed by atoms with Crippen molar-refractivity contribution in [1.82, 2.24) is 0 Å². The minimum Gasteiger partial charge on any atom is -0.505 e. The van der Waals surface area contributed by atoms with E-state index in [1.807, 2.05) is 0 Å². The second-order valence-electron chi connectivity index (χ2n) is 10.5. The molecule has 0 aliphatic rings. The Hall–Kier alpha value is -4.24. The van der Waals surface area contributed by atoms with Crippen LogP contribution in [0.2, 0.25) is 0 Å². The van der Waals surface area contributed by atoms with Crippen LogP contribution in [0.3, 0.4) is 0 Å². The highest BCUT2D eigenvalue weighted by molar-refractivity contribution is 7.94. The molecule has 0 unspecified atom stereocenters. The first kappa shape index (κ1) is 43.5. The molecule has 0 bridgehead atoms. The normalized spacial score (nSPS) is 13.3. The van der Waals surface area contributed by atoms with E-state index in [0.717, 1.165) is 48.5 Å². The molecule has 55 heavy (non-hydrogen) atoms. The molecule has 4 aromatic carbocycles. The average Bonchev–Trinajstić information content (AvgIpc) is 3.08. The lowest BCUT2D eigenvalue weighted by atomic mass is 10.1. The number of phenols is 1. The number of benzene rings is 4. The molecule has 4 rings (SSSR count). The molecule has 0 radical (unpaired) electrons. The second kappa shape index (κ2) is 16.5. The van der Waals surface area contributed by atoms with Crippen LogP contribution in [0.4, 0.5) is 28.4 Å². The first-order valence-corrected chi connectivity index (χ1v) is 22.6. The molecule has 0 fully saturated rings. The highest BCUT2D eigenvalue weighted by Gasteiger charge is 2.26. The summed E-state index contributed by atoms with van der Waals surface area (Å²) < 4.78 is 157. The van der Waals surface area contributed by atoms with E-state index in [9.17, 15) is 56.3 Å². The molecule has 0 atom stereocenters. The van der Waals surface area contributed by atoms with Gasteiger partial charge in [0.25, 0.3) is 20.2 Å². The molecule has 0 aliphatic heterocycles. The monoisotopic (exact) mass is 887 g/mol. The van der Waals surface area contributed by atoms with Gasteiger partial charge in [-0.05, 0) is 60.0 Å². The number of fused-ring (bicyclic) bond motifs is 1. The van der Waals surface area contributed by atoms with E-state index in [1.165, 1.54) is 6.92 Å². The Kier molecular flexibility index (Phi) is 13.0. The number of nitrogens with two attached hydrogens (primary N) is 1. The van der Waals surface area contributed by atoms with Gasteiger partial charge in [-0.1, -0.05) is 12.0 Å². The number of azo groups is 2. The summed E-state index contributed by atoms with van der Waals surface area (Å²) in [5.41, 5.74) is 3.45. The maximum absolute atomic E-state index is 12.5. The fraction of sp³-hybridized carbons (Fsp3) is 0.154. The van der Waals surface area contributed by atoms with Crippen LogP contribution in [0, 0.1) is 0 Å². The van der Waals surface area contributed by atoms with Crippen molar-refractivity contribution in [1.29, 1.82) is 0 Å². The van der Waals surface area contributed by atoms with Crippen molar-refractivity contribution in [3.63, 3.8) is 0 Å². The maximum Gasteiger partial charge on any atom is 0.397 e. The number of hydrogen-bond donors (Lipinski definition) is 6. The SMILES string of the molecule is CCS(=O)(=O)c1ccc(/N=N/c2c(SOOO)cc3cc(S(=O)(=O)O)c(/N=N/c4ccc(S(=O)(=O)CCOS(=O)(=O)O)cc4)c(N)c3c2O)c(S(=O)(=O)O)c1. The standard InChI is InChI=1S/C26H25N5O18S6/c1-2-51(34,35)17-7-8-18(20(13-17)53(38,39)40)29-30-24-19(50-49-48-33)11-14-12-21(54(41,42)43)25(23(27)22(14)26(24)32)31-28-15-3-5-16(6-4-15)52(36,37)10-9-47-55(44,45)46/h3-8,11-13,32-33H,2,9-10,27H2,1H3,(H,38,39,40)(H,41,42,43)(H,44,45,46)/b30-29+,31-28+. The number of sulfone groups is 2. The molecule has 0 aliphatic carbocycles. The Morgan fingerprint density at radius 2 is 1.33 bits per heavy atom. The predicted molar refractivity (Wildman–Crippen MR) is 189 cm³/mol. The van der Waals surface area contributed by atoms with Gasteiger partial charge in [-0.3, -0.25) is 13.7 Å². The number of hydrogen-bond acceptors (Lipinski definition) is 21. The van der Waals surface area contributed by atoms with Crippen molar-refractivity contribution < 1.29 is 79.7 Å². The summed E-state index contributed by atoms with van der Waals surface area (Å²) in [7, 11) is -23.3. The number of aromatic hydroxyl groups is 1. The van der Waals surface area contributed by atoms with Gasteiger partial charge < -0.3 is 10.8 Å². The lowest BCUT2D eigenvalue weighted by molar-refractivity contribution is -0.432. The van der Waals surface area contributed by atoms with Gasteiger partial charge in [0, 0.05) is 0 Å². The summed E-state index contributed by atoms with van der Waals surface area (Å²) in [5, 5.41) is 38.1. The van der Waals surface area contributed by atoms with Crippen molar-refractivity contribution in [2.24, 2.45) is 20.5 Å². The molecule has 298 valence electrons. The molecular formula is C26H25N5O18S6. The van der Waals surface area contributed by atoms with Gasteiger partial charge in [0.1, 0.15) is 26.9 Å². The van der Waals surface area contributed by atoms with Crippen molar-refractivity contribution in [2.45, 2.75) is 31.4 Å². The van der Waals surface area contributed by atoms with Crippen molar-refractivity contribution in [3.8, 4) is 5.75 Å². The van der Waals surface area contributed by atoms with Crippen LogP contribution in [0.15, 0.2) is 99.5 Å². The lowest BCUT2D eigenvalue weighted by Gasteiger charge is -2.14. The summed E-state index contributed by atoms with van der Waals surface area (Å²) in [6.07, 6.45) is 0. The Balaban J connectivity index is 1.86. The molecule has 23 nitrogen and oxygen atoms in total. The minimum atomic E-state index is -5.17. The third-order valence-electron chi connectivity index (χ3n) is 7.00. The zero-order chi connectivity index (χ0) is 41.1. The third-order valence-corrected chi connectivity index (χ3v) is 13.3. The summed E-state index contributed by atoms with van der Waals surface area (Å²) in [5.74, 6) is -2.19. The smallest absolute Gasteiger partial charge is 0.397 e. The third kappa shape index (κ3) is 10.5. The van der Waals surface area contributed by atoms with Gasteiger partial charge in [-0.25, -0.2) is 26.3 Å².